The van der Waals surface area contributed by atoms with Gasteiger partial charge in [0.1, 0.15) is 18.5 Å². The first-order chi connectivity index (χ1) is 11.3. The largest absolute Gasteiger partial charge is 0.491 e. The average Bonchev–Trinajstić information content (AvgIpc) is 2.61. The van der Waals surface area contributed by atoms with Gasteiger partial charge < -0.3 is 20.5 Å². The number of carbonyl (C=O) groups is 1. The number of nitrogens with one attached hydrogen (secondary N) is 2. The van der Waals surface area contributed by atoms with Gasteiger partial charge in [-0.1, -0.05) is 36.4 Å². The van der Waals surface area contributed by atoms with Crippen LogP contribution in [-0.2, 0) is 0 Å². The van der Waals surface area contributed by atoms with Crippen LogP contribution in [0.1, 0.15) is 10.4 Å². The molecule has 2 aromatic rings. The second kappa shape index (κ2) is 9.61. The molecule has 0 saturated carbocycles. The maximum atomic E-state index is 11.8. The zero-order chi connectivity index (χ0) is 16.3. The van der Waals surface area contributed by atoms with E-state index in [1.54, 1.807) is 12.1 Å². The van der Waals surface area contributed by atoms with Gasteiger partial charge in [0.15, 0.2) is 0 Å². The maximum Gasteiger partial charge on any atom is 0.251 e. The number of aliphatic hydroxyl groups excluding tert-OH is 1. The van der Waals surface area contributed by atoms with Crippen molar-refractivity contribution in [2.24, 2.45) is 0 Å². The normalized spacial score (nSPS) is 11.7. The van der Waals surface area contributed by atoms with Crippen molar-refractivity contribution in [2.45, 2.75) is 6.10 Å². The number of para-hydroxylation sites is 1. The molecule has 0 heterocycles. The Bertz CT molecular complexity index is 575. The van der Waals surface area contributed by atoms with Crippen LogP contribution in [0.4, 0.5) is 0 Å². The minimum atomic E-state index is -0.597. The molecule has 0 aliphatic heterocycles. The number of hydrogen-bond acceptors (Lipinski definition) is 4. The van der Waals surface area contributed by atoms with Crippen LogP contribution in [0.2, 0.25) is 0 Å². The summed E-state index contributed by atoms with van der Waals surface area (Å²) in [5.74, 6) is 0.641. The molecule has 0 bridgehead atoms. The average molecular weight is 314 g/mol. The summed E-state index contributed by atoms with van der Waals surface area (Å²) in [6.45, 7) is 1.72. The van der Waals surface area contributed by atoms with Gasteiger partial charge in [-0.2, -0.15) is 0 Å². The third-order valence-corrected chi connectivity index (χ3v) is 3.19. The molecule has 1 amide bonds. The maximum absolute atomic E-state index is 11.8. The Morgan fingerprint density at radius 3 is 2.35 bits per heavy atom. The summed E-state index contributed by atoms with van der Waals surface area (Å²) in [5.41, 5.74) is 0.642. The number of hydrogen-bond donors (Lipinski definition) is 3. The summed E-state index contributed by atoms with van der Waals surface area (Å²) in [4.78, 5) is 11.8. The predicted octanol–water partition coefficient (Wildman–Crippen LogP) is 1.45. The lowest BCUT2D eigenvalue weighted by Crippen LogP contribution is -2.37. The van der Waals surface area contributed by atoms with Gasteiger partial charge >= 0.3 is 0 Å². The van der Waals surface area contributed by atoms with Gasteiger partial charge in [-0.25, -0.2) is 0 Å². The number of benzene rings is 2. The number of amides is 1. The minimum absolute atomic E-state index is 0.0969. The van der Waals surface area contributed by atoms with E-state index in [2.05, 4.69) is 10.6 Å². The molecule has 0 aliphatic carbocycles. The molecule has 2 aromatic carbocycles. The van der Waals surface area contributed by atoms with Crippen molar-refractivity contribution < 1.29 is 14.6 Å². The lowest BCUT2D eigenvalue weighted by atomic mass is 10.2. The first kappa shape index (κ1) is 17.0. The Morgan fingerprint density at radius 2 is 1.65 bits per heavy atom. The summed E-state index contributed by atoms with van der Waals surface area (Å²) in [7, 11) is 0. The lowest BCUT2D eigenvalue weighted by Gasteiger charge is -2.13. The van der Waals surface area contributed by atoms with E-state index in [0.29, 0.717) is 25.2 Å². The summed E-state index contributed by atoms with van der Waals surface area (Å²) in [6, 6.07) is 18.4. The van der Waals surface area contributed by atoms with Gasteiger partial charge in [0.25, 0.3) is 5.91 Å². The molecular formula is C18H22N2O3. The highest BCUT2D eigenvalue weighted by molar-refractivity contribution is 5.94. The van der Waals surface area contributed by atoms with Crippen molar-refractivity contribution >= 4 is 5.91 Å². The van der Waals surface area contributed by atoms with E-state index < -0.39 is 6.10 Å². The molecule has 0 spiro atoms. The van der Waals surface area contributed by atoms with Gasteiger partial charge in [-0.15, -0.1) is 0 Å². The molecule has 0 fully saturated rings. The highest BCUT2D eigenvalue weighted by Gasteiger charge is 2.06. The summed E-state index contributed by atoms with van der Waals surface area (Å²) >= 11 is 0. The van der Waals surface area contributed by atoms with E-state index in [1.165, 1.54) is 0 Å². The monoisotopic (exact) mass is 314 g/mol. The fourth-order valence-electron chi connectivity index (χ4n) is 1.99. The number of carbonyl (C=O) groups excluding carboxylic acids is 1. The number of aliphatic hydroxyl groups is 1. The minimum Gasteiger partial charge on any atom is -0.491 e. The standard InChI is InChI=1S/C18H22N2O3/c21-16(14-23-17-9-5-2-6-10-17)13-19-11-12-20-18(22)15-7-3-1-4-8-15/h1-10,16,19,21H,11-14H2,(H,20,22)/t16-/m0/s1. The van der Waals surface area contributed by atoms with E-state index in [-0.39, 0.29) is 12.5 Å². The molecule has 0 aliphatic rings. The molecule has 5 nitrogen and oxygen atoms in total. The molecule has 3 N–H and O–H groups in total. The molecule has 0 aromatic heterocycles. The van der Waals surface area contributed by atoms with E-state index in [9.17, 15) is 9.90 Å². The highest BCUT2D eigenvalue weighted by Crippen LogP contribution is 2.08. The molecule has 0 saturated heterocycles. The van der Waals surface area contributed by atoms with E-state index in [4.69, 9.17) is 4.74 Å². The number of rotatable bonds is 9. The third kappa shape index (κ3) is 6.50. The Balaban J connectivity index is 1.54. The van der Waals surface area contributed by atoms with E-state index >= 15 is 0 Å². The molecule has 2 rings (SSSR count). The lowest BCUT2D eigenvalue weighted by molar-refractivity contribution is 0.0950. The fourth-order valence-corrected chi connectivity index (χ4v) is 1.99. The Labute approximate surface area is 136 Å². The molecule has 23 heavy (non-hydrogen) atoms. The SMILES string of the molecule is O=C(NCCNC[C@H](O)COc1ccccc1)c1ccccc1. The molecular weight excluding hydrogens is 292 g/mol. The van der Waals surface area contributed by atoms with Crippen LogP contribution in [-0.4, -0.2) is 43.4 Å². The van der Waals surface area contributed by atoms with Crippen molar-refractivity contribution in [3.8, 4) is 5.75 Å². The van der Waals surface area contributed by atoms with E-state index in [1.807, 2.05) is 48.5 Å². The van der Waals surface area contributed by atoms with Gasteiger partial charge in [0.2, 0.25) is 0 Å². The highest BCUT2D eigenvalue weighted by atomic mass is 16.5. The zero-order valence-corrected chi connectivity index (χ0v) is 12.9. The van der Waals surface area contributed by atoms with E-state index in [0.717, 1.165) is 5.75 Å². The molecule has 5 heteroatoms. The van der Waals surface area contributed by atoms with Crippen LogP contribution in [0.15, 0.2) is 60.7 Å². The Kier molecular flexibility index (Phi) is 7.10. The topological polar surface area (TPSA) is 70.6 Å². The van der Waals surface area contributed by atoms with Crippen molar-refractivity contribution in [2.75, 3.05) is 26.2 Å². The number of ether oxygens (including phenoxy) is 1. The Hall–Kier alpha value is -2.37. The molecule has 0 unspecified atom stereocenters. The zero-order valence-electron chi connectivity index (χ0n) is 12.9. The molecule has 122 valence electrons. The van der Waals surface area contributed by atoms with Gasteiger partial charge in [0, 0.05) is 25.2 Å². The first-order valence-electron chi connectivity index (χ1n) is 7.65. The van der Waals surface area contributed by atoms with Crippen LogP contribution < -0.4 is 15.4 Å². The Morgan fingerprint density at radius 1 is 1.00 bits per heavy atom. The summed E-state index contributed by atoms with van der Waals surface area (Å²) in [5, 5.41) is 15.7. The molecule has 1 atom stereocenters. The molecule has 0 radical (unpaired) electrons. The second-order valence-corrected chi connectivity index (χ2v) is 5.10. The van der Waals surface area contributed by atoms with Crippen LogP contribution in [0.5, 0.6) is 5.75 Å². The van der Waals surface area contributed by atoms with Crippen molar-refractivity contribution in [3.05, 3.63) is 66.2 Å². The van der Waals surface area contributed by atoms with Crippen LogP contribution in [0, 0.1) is 0 Å². The summed E-state index contributed by atoms with van der Waals surface area (Å²) < 4.78 is 5.46. The van der Waals surface area contributed by atoms with Crippen molar-refractivity contribution in [3.63, 3.8) is 0 Å². The van der Waals surface area contributed by atoms with Crippen LogP contribution in [0.3, 0.4) is 0 Å². The van der Waals surface area contributed by atoms with Crippen LogP contribution >= 0.6 is 0 Å². The van der Waals surface area contributed by atoms with Crippen molar-refractivity contribution in [1.82, 2.24) is 10.6 Å². The van der Waals surface area contributed by atoms with Crippen molar-refractivity contribution in [1.29, 1.82) is 0 Å². The fraction of sp³-hybridized carbons (Fsp3) is 0.278. The smallest absolute Gasteiger partial charge is 0.251 e. The summed E-state index contributed by atoms with van der Waals surface area (Å²) in [6.07, 6.45) is -0.597. The quantitative estimate of drug-likeness (QED) is 0.613. The van der Waals surface area contributed by atoms with Crippen LogP contribution in [0.25, 0.3) is 0 Å². The van der Waals surface area contributed by atoms with Gasteiger partial charge in [0.05, 0.1) is 0 Å². The van der Waals surface area contributed by atoms with Gasteiger partial charge in [-0.05, 0) is 24.3 Å². The van der Waals surface area contributed by atoms with Gasteiger partial charge in [-0.3, -0.25) is 4.79 Å². The second-order valence-electron chi connectivity index (χ2n) is 5.10. The third-order valence-electron chi connectivity index (χ3n) is 3.19. The predicted molar refractivity (Wildman–Crippen MR) is 89.6 cm³/mol. The first-order valence-corrected chi connectivity index (χ1v) is 7.65.